The number of carbonyl (C=O) groups excluding carboxylic acids is 1. The van der Waals surface area contributed by atoms with Gasteiger partial charge >= 0.3 is 0 Å². The number of hydrogen-bond donors (Lipinski definition) is 2. The number of rotatable bonds is 6. The number of thiazole rings is 1. The lowest BCUT2D eigenvalue weighted by Crippen LogP contribution is -2.42. The molecule has 0 atom stereocenters. The number of primary amides is 1. The van der Waals surface area contributed by atoms with Gasteiger partial charge in [0, 0.05) is 18.2 Å². The Hall–Kier alpha value is -2.94. The Morgan fingerprint density at radius 3 is 2.70 bits per heavy atom. The van der Waals surface area contributed by atoms with E-state index in [2.05, 4.69) is 25.5 Å². The number of hydrogen-bond acceptors (Lipinski definition) is 7. The van der Waals surface area contributed by atoms with Crippen molar-refractivity contribution >= 4 is 23.1 Å². The number of aromatic nitrogens is 4. The first-order valence-corrected chi connectivity index (χ1v) is 9.34. The summed E-state index contributed by atoms with van der Waals surface area (Å²) in [5, 5.41) is 12.1. The minimum Gasteiger partial charge on any atom is -0.368 e. The van der Waals surface area contributed by atoms with Crippen LogP contribution in [0.5, 0.6) is 0 Å². The fourth-order valence-electron chi connectivity index (χ4n) is 3.18. The number of nitrogens with one attached hydrogen (secondary N) is 1. The average Bonchev–Trinajstić information content (AvgIpc) is 3.13. The predicted octanol–water partition coefficient (Wildman–Crippen LogP) is 2.77. The number of nitrogens with two attached hydrogens (primary N) is 1. The van der Waals surface area contributed by atoms with Gasteiger partial charge in [-0.25, -0.2) is 9.37 Å². The third-order valence-corrected chi connectivity index (χ3v) is 5.85. The van der Waals surface area contributed by atoms with Gasteiger partial charge in [-0.05, 0) is 37.1 Å². The van der Waals surface area contributed by atoms with Crippen LogP contribution in [-0.2, 0) is 5.41 Å². The number of carbonyl (C=O) groups is 1. The zero-order valence-corrected chi connectivity index (χ0v) is 15.2. The molecule has 138 valence electrons. The van der Waals surface area contributed by atoms with Crippen LogP contribution < -0.4 is 11.1 Å². The smallest absolute Gasteiger partial charge is 0.260 e. The van der Waals surface area contributed by atoms with E-state index in [4.69, 9.17) is 5.73 Å². The summed E-state index contributed by atoms with van der Waals surface area (Å²) >= 11 is 1.17. The lowest BCUT2D eigenvalue weighted by atomic mass is 9.66. The zero-order valence-electron chi connectivity index (χ0n) is 14.4. The fraction of sp³-hybridized carbons (Fsp3) is 0.278. The SMILES string of the molecule is NC(=O)c1cnc(-c2ccc(NCC3(c4ncccc4F)CCC3)nn2)s1. The van der Waals surface area contributed by atoms with Crippen molar-refractivity contribution in [3.05, 3.63) is 53.0 Å². The van der Waals surface area contributed by atoms with Crippen molar-refractivity contribution in [3.8, 4) is 10.7 Å². The third kappa shape index (κ3) is 3.37. The first-order chi connectivity index (χ1) is 13.1. The van der Waals surface area contributed by atoms with Crippen LogP contribution >= 0.6 is 11.3 Å². The maximum Gasteiger partial charge on any atom is 0.260 e. The molecule has 1 amide bonds. The van der Waals surface area contributed by atoms with E-state index in [1.807, 2.05) is 0 Å². The van der Waals surface area contributed by atoms with E-state index in [1.54, 1.807) is 24.4 Å². The largest absolute Gasteiger partial charge is 0.368 e. The van der Waals surface area contributed by atoms with Gasteiger partial charge in [-0.2, -0.15) is 0 Å². The summed E-state index contributed by atoms with van der Waals surface area (Å²) in [6.07, 6.45) is 5.87. The van der Waals surface area contributed by atoms with E-state index < -0.39 is 5.91 Å². The monoisotopic (exact) mass is 384 g/mol. The molecule has 1 aliphatic carbocycles. The van der Waals surface area contributed by atoms with Crippen LogP contribution in [0.4, 0.5) is 10.2 Å². The average molecular weight is 384 g/mol. The van der Waals surface area contributed by atoms with Crippen LogP contribution in [0, 0.1) is 5.82 Å². The summed E-state index contributed by atoms with van der Waals surface area (Å²) in [6.45, 7) is 0.540. The minimum atomic E-state index is -0.516. The molecule has 3 aromatic heterocycles. The summed E-state index contributed by atoms with van der Waals surface area (Å²) in [5.41, 5.74) is 6.00. The minimum absolute atomic E-state index is 0.269. The molecule has 1 saturated carbocycles. The van der Waals surface area contributed by atoms with E-state index >= 15 is 0 Å². The van der Waals surface area contributed by atoms with Crippen molar-refractivity contribution in [1.29, 1.82) is 0 Å². The molecule has 7 nitrogen and oxygen atoms in total. The molecular formula is C18H17FN6OS. The molecule has 0 aromatic carbocycles. The van der Waals surface area contributed by atoms with Crippen molar-refractivity contribution in [2.24, 2.45) is 5.73 Å². The highest BCUT2D eigenvalue weighted by Crippen LogP contribution is 2.43. The van der Waals surface area contributed by atoms with Crippen LogP contribution in [0.2, 0.25) is 0 Å². The Labute approximate surface area is 158 Å². The van der Waals surface area contributed by atoms with Gasteiger partial charge in [-0.15, -0.1) is 21.5 Å². The molecule has 3 aromatic rings. The molecule has 9 heteroatoms. The first-order valence-electron chi connectivity index (χ1n) is 8.52. The van der Waals surface area contributed by atoms with Crippen LogP contribution in [0.1, 0.15) is 34.6 Å². The van der Waals surface area contributed by atoms with E-state index in [1.165, 1.54) is 23.6 Å². The molecule has 3 N–H and O–H groups in total. The maximum atomic E-state index is 14.2. The molecule has 3 heterocycles. The molecule has 0 aliphatic heterocycles. The topological polar surface area (TPSA) is 107 Å². The van der Waals surface area contributed by atoms with Gasteiger partial charge in [0.1, 0.15) is 27.2 Å². The number of amides is 1. The molecule has 1 aliphatic rings. The van der Waals surface area contributed by atoms with Gasteiger partial charge in [0.15, 0.2) is 0 Å². The molecule has 4 rings (SSSR count). The summed E-state index contributed by atoms with van der Waals surface area (Å²) in [5.74, 6) is -0.194. The van der Waals surface area contributed by atoms with Crippen molar-refractivity contribution in [2.75, 3.05) is 11.9 Å². The highest BCUT2D eigenvalue weighted by Gasteiger charge is 2.41. The first kappa shape index (κ1) is 17.5. The Bertz CT molecular complexity index is 970. The van der Waals surface area contributed by atoms with Crippen molar-refractivity contribution in [1.82, 2.24) is 20.2 Å². The summed E-state index contributed by atoms with van der Waals surface area (Å²) < 4.78 is 14.2. The van der Waals surface area contributed by atoms with E-state index in [0.29, 0.717) is 33.6 Å². The second kappa shape index (κ2) is 6.99. The Morgan fingerprint density at radius 1 is 1.26 bits per heavy atom. The van der Waals surface area contributed by atoms with Crippen molar-refractivity contribution < 1.29 is 9.18 Å². The van der Waals surface area contributed by atoms with E-state index in [0.717, 1.165) is 19.3 Å². The van der Waals surface area contributed by atoms with Gasteiger partial charge in [0.2, 0.25) is 0 Å². The molecule has 0 bridgehead atoms. The van der Waals surface area contributed by atoms with Gasteiger partial charge in [0.25, 0.3) is 5.91 Å². The third-order valence-electron chi connectivity index (χ3n) is 4.81. The summed E-state index contributed by atoms with van der Waals surface area (Å²) in [4.78, 5) is 19.9. The molecule has 27 heavy (non-hydrogen) atoms. The van der Waals surface area contributed by atoms with Gasteiger partial charge in [0.05, 0.1) is 11.9 Å². The van der Waals surface area contributed by atoms with Gasteiger partial charge in [-0.1, -0.05) is 6.42 Å². The number of pyridine rings is 1. The summed E-state index contributed by atoms with van der Waals surface area (Å²) in [7, 11) is 0. The quantitative estimate of drug-likeness (QED) is 0.677. The fourth-order valence-corrected chi connectivity index (χ4v) is 3.92. The standard InChI is InChI=1S/C18H17FN6OS/c19-11-3-1-8-21-15(11)18(6-2-7-18)10-23-14-5-4-12(24-25-14)17-22-9-13(27-17)16(20)26/h1,3-5,8-9H,2,6-7,10H2,(H2,20,26)(H,23,25). The van der Waals surface area contributed by atoms with E-state index in [-0.39, 0.29) is 11.2 Å². The molecular weight excluding hydrogens is 367 g/mol. The zero-order chi connectivity index (χ0) is 18.9. The number of halogens is 1. The summed E-state index contributed by atoms with van der Waals surface area (Å²) in [6, 6.07) is 6.61. The second-order valence-electron chi connectivity index (χ2n) is 6.52. The number of nitrogens with zero attached hydrogens (tertiary/aromatic N) is 4. The van der Waals surface area contributed by atoms with Crippen LogP contribution in [0.15, 0.2) is 36.7 Å². The Balaban J connectivity index is 1.47. The highest BCUT2D eigenvalue weighted by atomic mass is 32.1. The number of anilines is 1. The molecule has 0 saturated heterocycles. The van der Waals surface area contributed by atoms with Crippen LogP contribution in [0.3, 0.4) is 0 Å². The van der Waals surface area contributed by atoms with Crippen molar-refractivity contribution in [2.45, 2.75) is 24.7 Å². The highest BCUT2D eigenvalue weighted by molar-refractivity contribution is 7.16. The van der Waals surface area contributed by atoms with Crippen LogP contribution in [-0.4, -0.2) is 32.6 Å². The van der Waals surface area contributed by atoms with Crippen LogP contribution in [0.25, 0.3) is 10.7 Å². The Kier molecular flexibility index (Phi) is 4.53. The lowest BCUT2D eigenvalue weighted by Gasteiger charge is -2.41. The lowest BCUT2D eigenvalue weighted by molar-refractivity contribution is 0.100. The maximum absolute atomic E-state index is 14.2. The normalized spacial score (nSPS) is 15.1. The molecule has 0 spiro atoms. The van der Waals surface area contributed by atoms with Crippen molar-refractivity contribution in [3.63, 3.8) is 0 Å². The second-order valence-corrected chi connectivity index (χ2v) is 7.55. The van der Waals surface area contributed by atoms with Gasteiger partial charge in [-0.3, -0.25) is 9.78 Å². The molecule has 1 fully saturated rings. The molecule has 0 unspecified atom stereocenters. The Morgan fingerprint density at radius 2 is 2.11 bits per heavy atom. The predicted molar refractivity (Wildman–Crippen MR) is 99.9 cm³/mol. The van der Waals surface area contributed by atoms with Gasteiger partial charge < -0.3 is 11.1 Å². The molecule has 0 radical (unpaired) electrons. The van der Waals surface area contributed by atoms with E-state index in [9.17, 15) is 9.18 Å².